The van der Waals surface area contributed by atoms with Gasteiger partial charge in [0.05, 0.1) is 17.7 Å². The molecule has 146 valence electrons. The second-order valence-corrected chi connectivity index (χ2v) is 7.92. The van der Waals surface area contributed by atoms with E-state index in [-0.39, 0.29) is 17.3 Å². The van der Waals surface area contributed by atoms with Crippen molar-refractivity contribution < 1.29 is 17.6 Å². The van der Waals surface area contributed by atoms with E-state index in [1.54, 1.807) is 30.3 Å². The van der Waals surface area contributed by atoms with Gasteiger partial charge < -0.3 is 9.73 Å². The van der Waals surface area contributed by atoms with Crippen LogP contribution in [0.25, 0.3) is 6.08 Å². The van der Waals surface area contributed by atoms with E-state index in [1.165, 1.54) is 30.9 Å². The fourth-order valence-electron chi connectivity index (χ4n) is 2.41. The number of amides is 1. The number of benzene rings is 1. The number of nitrogens with one attached hydrogen (secondary N) is 2. The Morgan fingerprint density at radius 2 is 1.89 bits per heavy atom. The van der Waals surface area contributed by atoms with Crippen LogP contribution in [-0.4, -0.2) is 20.9 Å². The van der Waals surface area contributed by atoms with Crippen molar-refractivity contribution in [3.05, 3.63) is 60.1 Å². The monoisotopic (exact) mass is 390 g/mol. The van der Waals surface area contributed by atoms with Crippen LogP contribution in [0.5, 0.6) is 0 Å². The van der Waals surface area contributed by atoms with E-state index in [4.69, 9.17) is 4.42 Å². The van der Waals surface area contributed by atoms with E-state index >= 15 is 0 Å². The molecule has 0 aliphatic heterocycles. The molecule has 27 heavy (non-hydrogen) atoms. The molecule has 1 heterocycles. The van der Waals surface area contributed by atoms with Gasteiger partial charge in [-0.05, 0) is 42.3 Å². The van der Waals surface area contributed by atoms with Gasteiger partial charge in [0.15, 0.2) is 0 Å². The molecule has 1 aromatic carbocycles. The number of carbonyl (C=O) groups excluding carboxylic acids is 1. The summed E-state index contributed by atoms with van der Waals surface area (Å²) in [7, 11) is -3.62. The quantitative estimate of drug-likeness (QED) is 0.454. The highest BCUT2D eigenvalue weighted by Crippen LogP contribution is 2.12. The van der Waals surface area contributed by atoms with Crippen molar-refractivity contribution >= 4 is 22.0 Å². The minimum Gasteiger partial charge on any atom is -0.468 e. The molecule has 2 aromatic rings. The largest absolute Gasteiger partial charge is 0.468 e. The van der Waals surface area contributed by atoms with Gasteiger partial charge >= 0.3 is 0 Å². The normalized spacial score (nSPS) is 11.7. The molecule has 2 N–H and O–H groups in total. The summed E-state index contributed by atoms with van der Waals surface area (Å²) in [5.74, 6) is 0.391. The van der Waals surface area contributed by atoms with Gasteiger partial charge in [0.25, 0.3) is 0 Å². The summed E-state index contributed by atoms with van der Waals surface area (Å²) in [6.45, 7) is 2.91. The van der Waals surface area contributed by atoms with Crippen molar-refractivity contribution in [2.75, 3.05) is 6.54 Å². The Labute approximate surface area is 160 Å². The fraction of sp³-hybridized carbons (Fsp3) is 0.350. The predicted octanol–water partition coefficient (Wildman–Crippen LogP) is 3.47. The van der Waals surface area contributed by atoms with E-state index in [0.717, 1.165) is 24.8 Å². The molecule has 0 radical (unpaired) electrons. The summed E-state index contributed by atoms with van der Waals surface area (Å²) in [6, 6.07) is 9.73. The smallest absolute Gasteiger partial charge is 0.243 e. The van der Waals surface area contributed by atoms with Crippen molar-refractivity contribution in [3.63, 3.8) is 0 Å². The molecule has 0 aliphatic rings. The Morgan fingerprint density at radius 1 is 1.11 bits per heavy atom. The number of hydrogen-bond acceptors (Lipinski definition) is 4. The first-order valence-electron chi connectivity index (χ1n) is 9.09. The lowest BCUT2D eigenvalue weighted by Crippen LogP contribution is -2.23. The summed E-state index contributed by atoms with van der Waals surface area (Å²) in [6.07, 6.45) is 9.04. The molecule has 0 spiro atoms. The summed E-state index contributed by atoms with van der Waals surface area (Å²) < 4.78 is 32.1. The van der Waals surface area contributed by atoms with Gasteiger partial charge in [-0.25, -0.2) is 13.1 Å². The van der Waals surface area contributed by atoms with Crippen LogP contribution < -0.4 is 10.0 Å². The Bertz CT molecular complexity index is 825. The fourth-order valence-corrected chi connectivity index (χ4v) is 3.41. The van der Waals surface area contributed by atoms with Crippen LogP contribution in [0.2, 0.25) is 0 Å². The average Bonchev–Trinajstić information content (AvgIpc) is 3.19. The lowest BCUT2D eigenvalue weighted by molar-refractivity contribution is -0.116. The maximum atomic E-state index is 12.3. The summed E-state index contributed by atoms with van der Waals surface area (Å²) >= 11 is 0. The van der Waals surface area contributed by atoms with E-state index in [9.17, 15) is 13.2 Å². The predicted molar refractivity (Wildman–Crippen MR) is 105 cm³/mol. The third-order valence-electron chi connectivity index (χ3n) is 3.96. The number of hydrogen-bond donors (Lipinski definition) is 2. The topological polar surface area (TPSA) is 88.4 Å². The number of furan rings is 1. The first kappa shape index (κ1) is 20.9. The summed E-state index contributed by atoms with van der Waals surface area (Å²) in [5.41, 5.74) is 0.751. The number of sulfonamides is 1. The molecule has 7 heteroatoms. The van der Waals surface area contributed by atoms with Crippen molar-refractivity contribution in [3.8, 4) is 0 Å². The minimum atomic E-state index is -3.62. The third-order valence-corrected chi connectivity index (χ3v) is 5.38. The SMILES string of the molecule is CCCCCCNC(=O)/C=C/c1ccc(S(=O)(=O)NCc2ccco2)cc1. The maximum Gasteiger partial charge on any atom is 0.243 e. The van der Waals surface area contributed by atoms with E-state index in [0.29, 0.717) is 12.3 Å². The van der Waals surface area contributed by atoms with Crippen LogP contribution in [0, 0.1) is 0 Å². The van der Waals surface area contributed by atoms with E-state index < -0.39 is 10.0 Å². The molecule has 0 unspecified atom stereocenters. The van der Waals surface area contributed by atoms with Crippen LogP contribution >= 0.6 is 0 Å². The molecule has 0 saturated carbocycles. The molecule has 0 aliphatic carbocycles. The molecule has 0 fully saturated rings. The Kier molecular flexibility index (Phi) is 8.29. The van der Waals surface area contributed by atoms with Gasteiger partial charge in [-0.1, -0.05) is 38.3 Å². The van der Waals surface area contributed by atoms with Crippen LogP contribution in [0.15, 0.2) is 58.1 Å². The first-order valence-corrected chi connectivity index (χ1v) is 10.6. The standard InChI is InChI=1S/C20H26N2O4S/c1-2-3-4-5-14-21-20(23)13-10-17-8-11-19(12-9-17)27(24,25)22-16-18-7-6-15-26-18/h6-13,15,22H,2-5,14,16H2,1H3,(H,21,23)/b13-10+. The molecule has 6 nitrogen and oxygen atoms in total. The lowest BCUT2D eigenvalue weighted by atomic mass is 10.2. The molecule has 1 aromatic heterocycles. The van der Waals surface area contributed by atoms with Gasteiger partial charge in [0.2, 0.25) is 15.9 Å². The Morgan fingerprint density at radius 3 is 2.56 bits per heavy atom. The van der Waals surface area contributed by atoms with Gasteiger partial charge in [0.1, 0.15) is 5.76 Å². The van der Waals surface area contributed by atoms with Gasteiger partial charge in [-0.15, -0.1) is 0 Å². The van der Waals surface area contributed by atoms with Crippen molar-refractivity contribution in [1.82, 2.24) is 10.0 Å². The molecular weight excluding hydrogens is 364 g/mol. The van der Waals surface area contributed by atoms with Crippen molar-refractivity contribution in [1.29, 1.82) is 0 Å². The summed E-state index contributed by atoms with van der Waals surface area (Å²) in [5, 5.41) is 2.84. The molecule has 0 bridgehead atoms. The molecule has 2 rings (SSSR count). The van der Waals surface area contributed by atoms with Gasteiger partial charge in [-0.2, -0.15) is 0 Å². The maximum absolute atomic E-state index is 12.3. The van der Waals surface area contributed by atoms with Gasteiger partial charge in [0, 0.05) is 12.6 Å². The highest BCUT2D eigenvalue weighted by atomic mass is 32.2. The second kappa shape index (κ2) is 10.7. The van der Waals surface area contributed by atoms with E-state index in [1.807, 2.05) is 0 Å². The van der Waals surface area contributed by atoms with Crippen LogP contribution in [0.4, 0.5) is 0 Å². The van der Waals surface area contributed by atoms with Crippen LogP contribution in [-0.2, 0) is 21.4 Å². The third kappa shape index (κ3) is 7.40. The molecular formula is C20H26N2O4S. The van der Waals surface area contributed by atoms with E-state index in [2.05, 4.69) is 17.0 Å². The highest BCUT2D eigenvalue weighted by molar-refractivity contribution is 7.89. The van der Waals surface area contributed by atoms with Crippen LogP contribution in [0.3, 0.4) is 0 Å². The van der Waals surface area contributed by atoms with Gasteiger partial charge in [-0.3, -0.25) is 4.79 Å². The Hall–Kier alpha value is -2.38. The minimum absolute atomic E-state index is 0.0927. The average molecular weight is 391 g/mol. The number of carbonyl (C=O) groups is 1. The molecule has 1 amide bonds. The number of unbranched alkanes of at least 4 members (excludes halogenated alkanes) is 3. The molecule has 0 atom stereocenters. The second-order valence-electron chi connectivity index (χ2n) is 6.16. The molecule has 0 saturated heterocycles. The zero-order chi connectivity index (χ0) is 19.5. The zero-order valence-corrected chi connectivity index (χ0v) is 16.3. The van der Waals surface area contributed by atoms with Crippen molar-refractivity contribution in [2.24, 2.45) is 0 Å². The Balaban J connectivity index is 1.84. The van der Waals surface area contributed by atoms with Crippen LogP contribution in [0.1, 0.15) is 43.9 Å². The highest BCUT2D eigenvalue weighted by Gasteiger charge is 2.13. The number of rotatable bonds is 11. The first-order chi connectivity index (χ1) is 13.0. The van der Waals surface area contributed by atoms with Crippen molar-refractivity contribution in [2.45, 2.75) is 44.0 Å². The summed E-state index contributed by atoms with van der Waals surface area (Å²) in [4.78, 5) is 11.9. The zero-order valence-electron chi connectivity index (χ0n) is 15.5. The lowest BCUT2D eigenvalue weighted by Gasteiger charge is -2.05.